The van der Waals surface area contributed by atoms with E-state index in [2.05, 4.69) is 9.98 Å². The van der Waals surface area contributed by atoms with E-state index in [0.29, 0.717) is 22.1 Å². The predicted octanol–water partition coefficient (Wildman–Crippen LogP) is 4.01. The minimum atomic E-state index is -0.539. The Morgan fingerprint density at radius 3 is 2.65 bits per heavy atom. The number of aromatic hydroxyl groups is 1. The van der Waals surface area contributed by atoms with E-state index in [1.54, 1.807) is 55.6 Å². The molecule has 132 valence electrons. The Hall–Kier alpha value is -2.90. The summed E-state index contributed by atoms with van der Waals surface area (Å²) in [5.41, 5.74) is 0.564. The van der Waals surface area contributed by atoms with Crippen molar-refractivity contribution in [2.24, 2.45) is 4.99 Å². The molecule has 26 heavy (non-hydrogen) atoms. The Labute approximate surface area is 159 Å². The summed E-state index contributed by atoms with van der Waals surface area (Å²) in [6.07, 6.45) is 1.27. The molecule has 3 aromatic rings. The normalized spacial score (nSPS) is 11.0. The minimum Gasteiger partial charge on any atom is -0.497 e. The van der Waals surface area contributed by atoms with E-state index < -0.39 is 5.56 Å². The van der Waals surface area contributed by atoms with Crippen molar-refractivity contribution in [2.45, 2.75) is 0 Å². The van der Waals surface area contributed by atoms with Gasteiger partial charge in [0.2, 0.25) is 5.88 Å². The van der Waals surface area contributed by atoms with Crippen molar-refractivity contribution < 1.29 is 9.84 Å². The van der Waals surface area contributed by atoms with Gasteiger partial charge in [-0.15, -0.1) is 0 Å². The van der Waals surface area contributed by atoms with E-state index in [-0.39, 0.29) is 16.2 Å². The molecule has 6 nitrogen and oxygen atoms in total. The predicted molar refractivity (Wildman–Crippen MR) is 104 cm³/mol. The number of aromatic nitrogens is 2. The van der Waals surface area contributed by atoms with Crippen molar-refractivity contribution >= 4 is 35.7 Å². The molecule has 0 radical (unpaired) electrons. The van der Waals surface area contributed by atoms with Crippen LogP contribution in [0.4, 0.5) is 5.69 Å². The highest BCUT2D eigenvalue weighted by molar-refractivity contribution is 7.71. The van der Waals surface area contributed by atoms with Gasteiger partial charge < -0.3 is 9.84 Å². The van der Waals surface area contributed by atoms with Crippen LogP contribution in [0.1, 0.15) is 5.56 Å². The molecule has 0 spiro atoms. The van der Waals surface area contributed by atoms with Crippen LogP contribution in [0.5, 0.6) is 11.6 Å². The molecule has 0 aliphatic heterocycles. The Kier molecular flexibility index (Phi) is 5.20. The Morgan fingerprint density at radius 1 is 1.27 bits per heavy atom. The second kappa shape index (κ2) is 7.55. The lowest BCUT2D eigenvalue weighted by Crippen LogP contribution is -2.18. The number of hydrogen-bond donors (Lipinski definition) is 2. The van der Waals surface area contributed by atoms with Gasteiger partial charge in [-0.3, -0.25) is 19.3 Å². The molecule has 2 aromatic carbocycles. The van der Waals surface area contributed by atoms with Crippen molar-refractivity contribution in [3.05, 3.63) is 74.2 Å². The summed E-state index contributed by atoms with van der Waals surface area (Å²) >= 11 is 11.1. The largest absolute Gasteiger partial charge is 0.497 e. The number of ether oxygens (including phenoxy) is 1. The smallest absolute Gasteiger partial charge is 0.264 e. The molecule has 0 aliphatic rings. The fraction of sp³-hybridized carbons (Fsp3) is 0.0556. The molecule has 3 rings (SSSR count). The number of aromatic amines is 1. The molecule has 0 atom stereocenters. The SMILES string of the molecule is COc1ccc(-n2c(O)c(C=Nc3cccc(Cl)c3)c(=O)[nH]c2=S)cc1. The van der Waals surface area contributed by atoms with Crippen LogP contribution >= 0.6 is 23.8 Å². The molecular weight excluding hydrogens is 374 g/mol. The van der Waals surface area contributed by atoms with E-state index in [1.807, 2.05) is 0 Å². The molecule has 0 aliphatic carbocycles. The number of halogens is 1. The van der Waals surface area contributed by atoms with Crippen LogP contribution in [0.2, 0.25) is 5.02 Å². The molecule has 2 N–H and O–H groups in total. The first-order chi connectivity index (χ1) is 12.5. The average molecular weight is 388 g/mol. The fourth-order valence-electron chi connectivity index (χ4n) is 2.32. The number of nitrogens with zero attached hydrogens (tertiary/aromatic N) is 2. The van der Waals surface area contributed by atoms with Crippen LogP contribution < -0.4 is 10.3 Å². The zero-order valence-electron chi connectivity index (χ0n) is 13.6. The topological polar surface area (TPSA) is 79.6 Å². The molecule has 0 amide bonds. The molecule has 1 heterocycles. The first-order valence-electron chi connectivity index (χ1n) is 7.52. The number of aliphatic imine (C=N–C) groups is 1. The lowest BCUT2D eigenvalue weighted by Gasteiger charge is -2.11. The van der Waals surface area contributed by atoms with Gasteiger partial charge in [-0.1, -0.05) is 17.7 Å². The van der Waals surface area contributed by atoms with E-state index in [9.17, 15) is 9.90 Å². The van der Waals surface area contributed by atoms with Crippen LogP contribution in [0.3, 0.4) is 0 Å². The van der Waals surface area contributed by atoms with Gasteiger partial charge in [0.05, 0.1) is 18.5 Å². The Bertz CT molecular complexity index is 1090. The quantitative estimate of drug-likeness (QED) is 0.523. The Morgan fingerprint density at radius 2 is 2.00 bits per heavy atom. The molecule has 0 fully saturated rings. The summed E-state index contributed by atoms with van der Waals surface area (Å²) < 4.78 is 6.53. The molecule has 0 bridgehead atoms. The van der Waals surface area contributed by atoms with Crippen LogP contribution in [0, 0.1) is 4.77 Å². The van der Waals surface area contributed by atoms with Crippen molar-refractivity contribution in [1.29, 1.82) is 0 Å². The van der Waals surface area contributed by atoms with Crippen LogP contribution in [0.15, 0.2) is 58.3 Å². The van der Waals surface area contributed by atoms with Crippen LogP contribution in [-0.4, -0.2) is 28.0 Å². The molecular formula is C18H14ClN3O3S. The van der Waals surface area contributed by atoms with Crippen molar-refractivity contribution in [2.75, 3.05) is 7.11 Å². The monoisotopic (exact) mass is 387 g/mol. The van der Waals surface area contributed by atoms with Gasteiger partial charge in [-0.05, 0) is 54.7 Å². The molecule has 8 heteroatoms. The molecule has 0 unspecified atom stereocenters. The van der Waals surface area contributed by atoms with E-state index in [4.69, 9.17) is 28.6 Å². The van der Waals surface area contributed by atoms with Gasteiger partial charge in [0.1, 0.15) is 11.3 Å². The van der Waals surface area contributed by atoms with Gasteiger partial charge in [-0.2, -0.15) is 0 Å². The fourth-order valence-corrected chi connectivity index (χ4v) is 2.79. The zero-order chi connectivity index (χ0) is 18.7. The Balaban J connectivity index is 2.09. The summed E-state index contributed by atoms with van der Waals surface area (Å²) in [5, 5.41) is 11.1. The first-order valence-corrected chi connectivity index (χ1v) is 8.30. The van der Waals surface area contributed by atoms with Gasteiger partial charge in [-0.25, -0.2) is 0 Å². The summed E-state index contributed by atoms with van der Waals surface area (Å²) in [5.74, 6) is 0.349. The van der Waals surface area contributed by atoms with E-state index >= 15 is 0 Å². The first kappa shape index (κ1) is 17.9. The number of rotatable bonds is 4. The summed E-state index contributed by atoms with van der Waals surface area (Å²) in [6, 6.07) is 13.7. The van der Waals surface area contributed by atoms with Crippen LogP contribution in [0.25, 0.3) is 5.69 Å². The van der Waals surface area contributed by atoms with Crippen molar-refractivity contribution in [1.82, 2.24) is 9.55 Å². The van der Waals surface area contributed by atoms with Gasteiger partial charge in [0.25, 0.3) is 5.56 Å². The second-order valence-corrected chi connectivity index (χ2v) is 6.09. The summed E-state index contributed by atoms with van der Waals surface area (Å²) in [7, 11) is 1.56. The summed E-state index contributed by atoms with van der Waals surface area (Å²) in [4.78, 5) is 18.9. The maximum atomic E-state index is 12.2. The number of nitrogens with one attached hydrogen (secondary N) is 1. The average Bonchev–Trinajstić information content (AvgIpc) is 2.62. The van der Waals surface area contributed by atoms with Crippen molar-refractivity contribution in [3.63, 3.8) is 0 Å². The number of benzene rings is 2. The molecule has 1 aromatic heterocycles. The standard InChI is InChI=1S/C18H14ClN3O3S/c1-25-14-7-5-13(6-8-14)22-17(24)15(16(23)21-18(22)26)10-20-12-4-2-3-11(19)9-12/h2-10,24H,1H3,(H,21,23,26). The van der Waals surface area contributed by atoms with Crippen molar-refractivity contribution in [3.8, 4) is 17.3 Å². The van der Waals surface area contributed by atoms with Gasteiger partial charge in [0, 0.05) is 11.2 Å². The van der Waals surface area contributed by atoms with E-state index in [1.165, 1.54) is 10.8 Å². The lowest BCUT2D eigenvalue weighted by atomic mass is 10.2. The van der Waals surface area contributed by atoms with Gasteiger partial charge in [0.15, 0.2) is 4.77 Å². The number of H-pyrrole nitrogens is 1. The minimum absolute atomic E-state index is 0.0191. The van der Waals surface area contributed by atoms with Crippen LogP contribution in [-0.2, 0) is 0 Å². The third kappa shape index (κ3) is 3.68. The zero-order valence-corrected chi connectivity index (χ0v) is 15.2. The van der Waals surface area contributed by atoms with E-state index in [0.717, 1.165) is 0 Å². The lowest BCUT2D eigenvalue weighted by molar-refractivity contribution is 0.414. The highest BCUT2D eigenvalue weighted by atomic mass is 35.5. The third-order valence-corrected chi connectivity index (χ3v) is 4.12. The highest BCUT2D eigenvalue weighted by Crippen LogP contribution is 2.22. The summed E-state index contributed by atoms with van der Waals surface area (Å²) in [6.45, 7) is 0. The maximum Gasteiger partial charge on any atom is 0.264 e. The number of hydrogen-bond acceptors (Lipinski definition) is 5. The second-order valence-electron chi connectivity index (χ2n) is 5.27. The van der Waals surface area contributed by atoms with Gasteiger partial charge >= 0.3 is 0 Å². The number of methoxy groups -OCH3 is 1. The third-order valence-electron chi connectivity index (χ3n) is 3.60. The maximum absolute atomic E-state index is 12.2. The molecule has 0 saturated carbocycles. The highest BCUT2D eigenvalue weighted by Gasteiger charge is 2.12. The molecule has 0 saturated heterocycles.